The number of primary sulfonamides is 1. The first-order valence-electron chi connectivity index (χ1n) is 9.48. The lowest BCUT2D eigenvalue weighted by molar-refractivity contribution is 0.598. The summed E-state index contributed by atoms with van der Waals surface area (Å²) < 4.78 is 26.9. The van der Waals surface area contributed by atoms with E-state index in [0.717, 1.165) is 35.3 Å². The molecule has 0 bridgehead atoms. The predicted octanol–water partition coefficient (Wildman–Crippen LogP) is 1.10. The van der Waals surface area contributed by atoms with E-state index in [0.29, 0.717) is 23.5 Å². The molecule has 1 aliphatic rings. The molecular formula is C20H20N6O3S. The summed E-state index contributed by atoms with van der Waals surface area (Å²) in [5.74, 6) is 1.13. The van der Waals surface area contributed by atoms with Crippen molar-refractivity contribution in [2.24, 2.45) is 12.2 Å². The number of benzene rings is 2. The van der Waals surface area contributed by atoms with Crippen molar-refractivity contribution in [2.45, 2.75) is 24.8 Å². The zero-order chi connectivity index (χ0) is 21.2. The molecule has 0 atom stereocenters. The van der Waals surface area contributed by atoms with E-state index < -0.39 is 10.0 Å². The maximum absolute atomic E-state index is 12.7. The number of aromatic nitrogens is 4. The monoisotopic (exact) mass is 424 g/mol. The molecule has 10 heteroatoms. The van der Waals surface area contributed by atoms with E-state index in [2.05, 4.69) is 15.1 Å². The highest BCUT2D eigenvalue weighted by molar-refractivity contribution is 7.89. The molecule has 2 N–H and O–H groups in total. The molecule has 9 nitrogen and oxygen atoms in total. The van der Waals surface area contributed by atoms with E-state index in [-0.39, 0.29) is 10.5 Å². The number of aryl methyl sites for hydroxylation is 2. The summed E-state index contributed by atoms with van der Waals surface area (Å²) in [6, 6.07) is 10.7. The van der Waals surface area contributed by atoms with Gasteiger partial charge in [-0.1, -0.05) is 17.7 Å². The van der Waals surface area contributed by atoms with Gasteiger partial charge in [-0.25, -0.2) is 13.6 Å². The van der Waals surface area contributed by atoms with Crippen LogP contribution in [0, 0.1) is 6.92 Å². The van der Waals surface area contributed by atoms with Crippen molar-refractivity contribution in [1.29, 1.82) is 0 Å². The van der Waals surface area contributed by atoms with Crippen molar-refractivity contribution in [1.82, 2.24) is 19.2 Å². The average Bonchev–Trinajstić information content (AvgIpc) is 3.30. The molecule has 0 unspecified atom stereocenters. The van der Waals surface area contributed by atoms with E-state index >= 15 is 0 Å². The average molecular weight is 424 g/mol. The van der Waals surface area contributed by atoms with Crippen LogP contribution in [0.5, 0.6) is 0 Å². The van der Waals surface area contributed by atoms with Gasteiger partial charge in [-0.2, -0.15) is 0 Å². The van der Waals surface area contributed by atoms with Crippen molar-refractivity contribution in [3.63, 3.8) is 0 Å². The number of hydrogen-bond acceptors (Lipinski definition) is 6. The van der Waals surface area contributed by atoms with Gasteiger partial charge in [0.2, 0.25) is 15.8 Å². The molecule has 30 heavy (non-hydrogen) atoms. The van der Waals surface area contributed by atoms with E-state index in [1.54, 1.807) is 19.2 Å². The number of sulfonamides is 1. The number of nitrogens with zero attached hydrogens (tertiary/aromatic N) is 5. The third-order valence-corrected chi connectivity index (χ3v) is 6.56. The van der Waals surface area contributed by atoms with Crippen LogP contribution >= 0.6 is 0 Å². The number of nitrogens with two attached hydrogens (primary N) is 1. The number of fused-ring (bicyclic) bond motifs is 4. The molecule has 0 spiro atoms. The molecule has 0 radical (unpaired) electrons. The van der Waals surface area contributed by atoms with E-state index in [1.165, 1.54) is 10.6 Å². The SMILES string of the molecule is Cc1ccc2c(c1)c(=O)n(C)c1nnc(CN3CCc4ccc(S(N)(=O)=O)cc43)n21. The van der Waals surface area contributed by atoms with Gasteiger partial charge in [-0.15, -0.1) is 10.2 Å². The maximum atomic E-state index is 12.7. The maximum Gasteiger partial charge on any atom is 0.262 e. The van der Waals surface area contributed by atoms with Crippen LogP contribution < -0.4 is 15.6 Å². The Morgan fingerprint density at radius 2 is 1.93 bits per heavy atom. The minimum Gasteiger partial charge on any atom is -0.363 e. The molecule has 0 saturated carbocycles. The fraction of sp³-hybridized carbons (Fsp3) is 0.250. The van der Waals surface area contributed by atoms with Crippen LogP contribution in [0.25, 0.3) is 16.7 Å². The van der Waals surface area contributed by atoms with Gasteiger partial charge in [-0.05, 0) is 43.2 Å². The van der Waals surface area contributed by atoms with Crippen molar-refractivity contribution in [2.75, 3.05) is 11.4 Å². The Kier molecular flexibility index (Phi) is 3.99. The first kappa shape index (κ1) is 18.8. The summed E-state index contributed by atoms with van der Waals surface area (Å²) in [4.78, 5) is 14.9. The van der Waals surface area contributed by atoms with Gasteiger partial charge in [-0.3, -0.25) is 13.8 Å². The van der Waals surface area contributed by atoms with E-state index in [1.807, 2.05) is 29.5 Å². The topological polar surface area (TPSA) is 116 Å². The molecule has 154 valence electrons. The second kappa shape index (κ2) is 6.38. The molecule has 1 aliphatic heterocycles. The standard InChI is InChI=1S/C20H20N6O3S/c1-12-3-6-16-15(9-12)19(27)24(2)20-23-22-18(26(16)20)11-25-8-7-13-4-5-14(10-17(13)25)30(21,28)29/h3-6,9-10H,7-8,11H2,1-2H3,(H2,21,28,29). The molecule has 4 aromatic rings. The quantitative estimate of drug-likeness (QED) is 0.527. The van der Waals surface area contributed by atoms with Crippen molar-refractivity contribution in [3.8, 4) is 0 Å². The number of hydrogen-bond donors (Lipinski definition) is 1. The van der Waals surface area contributed by atoms with Gasteiger partial charge in [0.25, 0.3) is 5.56 Å². The molecule has 0 amide bonds. The molecule has 0 aliphatic carbocycles. The molecular weight excluding hydrogens is 404 g/mol. The summed E-state index contributed by atoms with van der Waals surface area (Å²) in [7, 11) is -2.10. The summed E-state index contributed by atoms with van der Waals surface area (Å²) in [5, 5.41) is 14.5. The highest BCUT2D eigenvalue weighted by Crippen LogP contribution is 2.31. The third-order valence-electron chi connectivity index (χ3n) is 5.65. The molecule has 2 aromatic heterocycles. The second-order valence-electron chi connectivity index (χ2n) is 7.64. The highest BCUT2D eigenvalue weighted by Gasteiger charge is 2.24. The Morgan fingerprint density at radius 3 is 2.70 bits per heavy atom. The Hall–Kier alpha value is -3.24. The number of rotatable bonds is 3. The lowest BCUT2D eigenvalue weighted by Crippen LogP contribution is -2.24. The van der Waals surface area contributed by atoms with Gasteiger partial charge < -0.3 is 4.90 Å². The summed E-state index contributed by atoms with van der Waals surface area (Å²) >= 11 is 0. The Bertz CT molecular complexity index is 1500. The summed E-state index contributed by atoms with van der Waals surface area (Å²) in [6.07, 6.45) is 0.801. The third kappa shape index (κ3) is 2.79. The van der Waals surface area contributed by atoms with Crippen molar-refractivity contribution < 1.29 is 8.42 Å². The first-order valence-corrected chi connectivity index (χ1v) is 11.0. The lowest BCUT2D eigenvalue weighted by Gasteiger charge is -2.19. The Balaban J connectivity index is 1.65. The first-order chi connectivity index (χ1) is 14.2. The van der Waals surface area contributed by atoms with Crippen molar-refractivity contribution >= 4 is 32.4 Å². The smallest absolute Gasteiger partial charge is 0.262 e. The largest absolute Gasteiger partial charge is 0.363 e. The van der Waals surface area contributed by atoms with Crippen LogP contribution in [-0.4, -0.2) is 34.1 Å². The van der Waals surface area contributed by atoms with Crippen LogP contribution in [0.4, 0.5) is 5.69 Å². The predicted molar refractivity (Wildman–Crippen MR) is 113 cm³/mol. The Labute approximate surface area is 172 Å². The molecule has 0 saturated heterocycles. The molecule has 0 fully saturated rings. The fourth-order valence-electron chi connectivity index (χ4n) is 4.10. The van der Waals surface area contributed by atoms with Crippen LogP contribution in [0.1, 0.15) is 17.0 Å². The minimum absolute atomic E-state index is 0.0857. The number of anilines is 1. The van der Waals surface area contributed by atoms with Crippen LogP contribution in [0.2, 0.25) is 0 Å². The molecule has 3 heterocycles. The van der Waals surface area contributed by atoms with E-state index in [4.69, 9.17) is 5.14 Å². The summed E-state index contributed by atoms with van der Waals surface area (Å²) in [6.45, 7) is 3.09. The van der Waals surface area contributed by atoms with E-state index in [9.17, 15) is 13.2 Å². The van der Waals surface area contributed by atoms with Crippen LogP contribution in [0.15, 0.2) is 46.1 Å². The molecule has 2 aromatic carbocycles. The Morgan fingerprint density at radius 1 is 1.13 bits per heavy atom. The van der Waals surface area contributed by atoms with Gasteiger partial charge in [0.05, 0.1) is 22.3 Å². The van der Waals surface area contributed by atoms with Crippen LogP contribution in [-0.2, 0) is 30.0 Å². The van der Waals surface area contributed by atoms with Gasteiger partial charge in [0.1, 0.15) is 0 Å². The normalized spacial score (nSPS) is 14.0. The minimum atomic E-state index is -3.79. The van der Waals surface area contributed by atoms with Gasteiger partial charge in [0, 0.05) is 19.3 Å². The van der Waals surface area contributed by atoms with Crippen LogP contribution in [0.3, 0.4) is 0 Å². The lowest BCUT2D eigenvalue weighted by atomic mass is 10.1. The molecule has 5 rings (SSSR count). The zero-order valence-corrected chi connectivity index (χ0v) is 17.3. The van der Waals surface area contributed by atoms with Crippen molar-refractivity contribution in [3.05, 3.63) is 63.7 Å². The summed E-state index contributed by atoms with van der Waals surface area (Å²) in [5.41, 5.74) is 3.51. The zero-order valence-electron chi connectivity index (χ0n) is 16.5. The second-order valence-corrected chi connectivity index (χ2v) is 9.20. The van der Waals surface area contributed by atoms with Gasteiger partial charge in [0.15, 0.2) is 5.82 Å². The fourth-order valence-corrected chi connectivity index (χ4v) is 4.63. The highest BCUT2D eigenvalue weighted by atomic mass is 32.2. The van der Waals surface area contributed by atoms with Gasteiger partial charge >= 0.3 is 0 Å².